The highest BCUT2D eigenvalue weighted by molar-refractivity contribution is 7.05. The van der Waals surface area contributed by atoms with Gasteiger partial charge in [-0.2, -0.15) is 5.10 Å². The van der Waals surface area contributed by atoms with Gasteiger partial charge in [0, 0.05) is 18.7 Å². The van der Waals surface area contributed by atoms with E-state index in [-0.39, 0.29) is 6.04 Å². The van der Waals surface area contributed by atoms with Crippen molar-refractivity contribution < 1.29 is 0 Å². The van der Waals surface area contributed by atoms with Crippen LogP contribution in [0.1, 0.15) is 55.5 Å². The first-order chi connectivity index (χ1) is 9.65. The number of hydrogen-bond donors (Lipinski definition) is 1. The molecule has 5 nitrogen and oxygen atoms in total. The van der Waals surface area contributed by atoms with Crippen molar-refractivity contribution in [3.8, 4) is 0 Å². The summed E-state index contributed by atoms with van der Waals surface area (Å²) in [6.07, 6.45) is 5.00. The van der Waals surface area contributed by atoms with Crippen LogP contribution < -0.4 is 5.32 Å². The molecule has 2 rings (SSSR count). The Labute approximate surface area is 124 Å². The van der Waals surface area contributed by atoms with Crippen LogP contribution >= 0.6 is 11.5 Å². The van der Waals surface area contributed by atoms with Crippen molar-refractivity contribution in [1.29, 1.82) is 0 Å². The minimum absolute atomic E-state index is 0.243. The molecule has 2 aromatic rings. The van der Waals surface area contributed by atoms with Crippen molar-refractivity contribution in [1.82, 2.24) is 24.7 Å². The van der Waals surface area contributed by atoms with Gasteiger partial charge in [0.1, 0.15) is 0 Å². The Hall–Kier alpha value is -1.27. The van der Waals surface area contributed by atoms with Gasteiger partial charge in [-0.25, -0.2) is 0 Å². The van der Waals surface area contributed by atoms with E-state index in [1.54, 1.807) is 0 Å². The Balaban J connectivity index is 2.13. The molecule has 2 heterocycles. The number of hydrogen-bond acceptors (Lipinski definition) is 5. The second-order valence-electron chi connectivity index (χ2n) is 5.26. The van der Waals surface area contributed by atoms with Crippen LogP contribution in [0.25, 0.3) is 0 Å². The third-order valence-electron chi connectivity index (χ3n) is 3.34. The van der Waals surface area contributed by atoms with Gasteiger partial charge in [0.05, 0.1) is 22.3 Å². The zero-order valence-corrected chi connectivity index (χ0v) is 13.4. The number of nitrogens with zero attached hydrogens (tertiary/aromatic N) is 4. The maximum Gasteiger partial charge on any atom is 0.0803 e. The van der Waals surface area contributed by atoms with E-state index >= 15 is 0 Å². The van der Waals surface area contributed by atoms with Crippen LogP contribution in [0.4, 0.5) is 0 Å². The first-order valence-electron chi connectivity index (χ1n) is 7.18. The first-order valence-corrected chi connectivity index (χ1v) is 7.95. The molecule has 0 aliphatic rings. The summed E-state index contributed by atoms with van der Waals surface area (Å²) in [4.78, 5) is 1.24. The zero-order valence-electron chi connectivity index (χ0n) is 12.6. The lowest BCUT2D eigenvalue weighted by atomic mass is 10.1. The third-order valence-corrected chi connectivity index (χ3v) is 4.22. The molecule has 0 amide bonds. The molecule has 0 aromatic carbocycles. The average Bonchev–Trinajstić information content (AvgIpc) is 3.05. The van der Waals surface area contributed by atoms with Gasteiger partial charge in [0.15, 0.2) is 0 Å². The minimum atomic E-state index is 0.243. The molecule has 1 unspecified atom stereocenters. The van der Waals surface area contributed by atoms with Gasteiger partial charge in [-0.05, 0) is 44.9 Å². The van der Waals surface area contributed by atoms with E-state index in [0.29, 0.717) is 6.04 Å². The molecule has 0 bridgehead atoms. The standard InChI is InChI=1S/C14H23N5S/c1-5-6-12-14(20-18-16-12)13(15-4)9-11-7-8-19(17-11)10(2)3/h7-8,10,13,15H,5-6,9H2,1-4H3. The predicted molar refractivity (Wildman–Crippen MR) is 82.0 cm³/mol. The number of rotatable bonds is 7. The van der Waals surface area contributed by atoms with Crippen LogP contribution in [0, 0.1) is 0 Å². The number of nitrogens with one attached hydrogen (secondary N) is 1. The molecule has 0 spiro atoms. The van der Waals surface area contributed by atoms with E-state index in [1.807, 2.05) is 17.9 Å². The Morgan fingerprint density at radius 2 is 2.20 bits per heavy atom. The van der Waals surface area contributed by atoms with E-state index < -0.39 is 0 Å². The van der Waals surface area contributed by atoms with Crippen molar-refractivity contribution >= 4 is 11.5 Å². The summed E-state index contributed by atoms with van der Waals surface area (Å²) in [7, 11) is 1.99. The number of aryl methyl sites for hydroxylation is 1. The van der Waals surface area contributed by atoms with Gasteiger partial charge >= 0.3 is 0 Å². The van der Waals surface area contributed by atoms with Crippen LogP contribution in [0.2, 0.25) is 0 Å². The fourth-order valence-electron chi connectivity index (χ4n) is 2.20. The highest BCUT2D eigenvalue weighted by Crippen LogP contribution is 2.24. The predicted octanol–water partition coefficient (Wildman–Crippen LogP) is 2.77. The summed E-state index contributed by atoms with van der Waals surface area (Å²) in [5.41, 5.74) is 2.23. The van der Waals surface area contributed by atoms with Gasteiger partial charge in [0.25, 0.3) is 0 Å². The summed E-state index contributed by atoms with van der Waals surface area (Å²) >= 11 is 1.50. The molecule has 110 valence electrons. The van der Waals surface area contributed by atoms with Gasteiger partial charge in [-0.1, -0.05) is 17.8 Å². The first kappa shape index (κ1) is 15.1. The molecule has 6 heteroatoms. The summed E-state index contributed by atoms with van der Waals surface area (Å²) < 4.78 is 6.11. The average molecular weight is 293 g/mol. The Morgan fingerprint density at radius 1 is 1.40 bits per heavy atom. The molecule has 0 aliphatic carbocycles. The molecule has 2 aromatic heterocycles. The summed E-state index contributed by atoms with van der Waals surface area (Å²) in [5, 5.41) is 12.2. The second-order valence-corrected chi connectivity index (χ2v) is 6.05. The zero-order chi connectivity index (χ0) is 14.5. The lowest BCUT2D eigenvalue weighted by Gasteiger charge is -2.14. The fourth-order valence-corrected chi connectivity index (χ4v) is 3.00. The molecule has 1 atom stereocenters. The van der Waals surface area contributed by atoms with Crippen LogP contribution in [0.5, 0.6) is 0 Å². The topological polar surface area (TPSA) is 55.6 Å². The summed E-state index contributed by atoms with van der Waals surface area (Å²) in [5.74, 6) is 0. The fraction of sp³-hybridized carbons (Fsp3) is 0.643. The Morgan fingerprint density at radius 3 is 2.80 bits per heavy atom. The monoisotopic (exact) mass is 293 g/mol. The maximum absolute atomic E-state index is 4.62. The van der Waals surface area contributed by atoms with Gasteiger partial charge in [-0.3, -0.25) is 4.68 Å². The Kier molecular flexibility index (Phi) is 5.25. The van der Waals surface area contributed by atoms with Crippen LogP contribution in [-0.4, -0.2) is 26.4 Å². The van der Waals surface area contributed by atoms with Gasteiger partial charge in [-0.15, -0.1) is 5.10 Å². The van der Waals surface area contributed by atoms with Crippen LogP contribution in [0.15, 0.2) is 12.3 Å². The SMILES string of the molecule is CCCc1nnsc1C(Cc1ccn(C(C)C)n1)NC. The largest absolute Gasteiger partial charge is 0.312 e. The molecule has 0 saturated heterocycles. The molecular formula is C14H23N5S. The van der Waals surface area contributed by atoms with E-state index in [9.17, 15) is 0 Å². The molecule has 20 heavy (non-hydrogen) atoms. The molecule has 0 saturated carbocycles. The van der Waals surface area contributed by atoms with E-state index in [4.69, 9.17) is 0 Å². The Bertz CT molecular complexity index is 531. The lowest BCUT2D eigenvalue weighted by Crippen LogP contribution is -2.19. The quantitative estimate of drug-likeness (QED) is 0.853. The molecular weight excluding hydrogens is 270 g/mol. The lowest BCUT2D eigenvalue weighted by molar-refractivity contribution is 0.515. The van der Waals surface area contributed by atoms with E-state index in [0.717, 1.165) is 30.7 Å². The van der Waals surface area contributed by atoms with Crippen molar-refractivity contribution in [2.24, 2.45) is 0 Å². The van der Waals surface area contributed by atoms with Gasteiger partial charge in [0.2, 0.25) is 0 Å². The van der Waals surface area contributed by atoms with Crippen molar-refractivity contribution in [3.63, 3.8) is 0 Å². The highest BCUT2D eigenvalue weighted by atomic mass is 32.1. The smallest absolute Gasteiger partial charge is 0.0803 e. The third kappa shape index (κ3) is 3.43. The normalized spacial score (nSPS) is 13.1. The molecule has 0 aliphatic heterocycles. The molecule has 0 fully saturated rings. The second kappa shape index (κ2) is 6.95. The highest BCUT2D eigenvalue weighted by Gasteiger charge is 2.19. The summed E-state index contributed by atoms with van der Waals surface area (Å²) in [6.45, 7) is 6.44. The molecule has 0 radical (unpaired) electrons. The van der Waals surface area contributed by atoms with Crippen LogP contribution in [-0.2, 0) is 12.8 Å². The van der Waals surface area contributed by atoms with E-state index in [1.165, 1.54) is 16.4 Å². The maximum atomic E-state index is 4.62. The van der Waals surface area contributed by atoms with Gasteiger partial charge < -0.3 is 5.32 Å². The van der Waals surface area contributed by atoms with Crippen LogP contribution in [0.3, 0.4) is 0 Å². The summed E-state index contributed by atoms with van der Waals surface area (Å²) in [6, 6.07) is 2.74. The number of likely N-dealkylation sites (N-methyl/N-ethyl adjacent to an activating group) is 1. The number of aromatic nitrogens is 4. The van der Waals surface area contributed by atoms with Crippen molar-refractivity contribution in [2.75, 3.05) is 7.05 Å². The van der Waals surface area contributed by atoms with Crippen molar-refractivity contribution in [2.45, 2.75) is 52.1 Å². The molecule has 1 N–H and O–H groups in total. The minimum Gasteiger partial charge on any atom is -0.312 e. The van der Waals surface area contributed by atoms with E-state index in [2.05, 4.69) is 46.8 Å². The van der Waals surface area contributed by atoms with Crippen molar-refractivity contribution in [3.05, 3.63) is 28.5 Å².